The number of ether oxygens (including phenoxy) is 1. The maximum Gasteiger partial charge on any atom is 0.337 e. The fourth-order valence-electron chi connectivity index (χ4n) is 2.38. The van der Waals surface area contributed by atoms with Crippen molar-refractivity contribution in [3.8, 4) is 0 Å². The molecule has 0 bridgehead atoms. The number of amides is 1. The van der Waals surface area contributed by atoms with Crippen molar-refractivity contribution in [1.82, 2.24) is 9.97 Å². The molecule has 0 saturated carbocycles. The van der Waals surface area contributed by atoms with Crippen LogP contribution < -0.4 is 10.6 Å². The number of methoxy groups -OCH3 is 1. The predicted octanol–water partition coefficient (Wildman–Crippen LogP) is 3.13. The van der Waals surface area contributed by atoms with Gasteiger partial charge in [-0.2, -0.15) is 0 Å². The van der Waals surface area contributed by atoms with Crippen molar-refractivity contribution in [2.24, 2.45) is 0 Å². The third-order valence-corrected chi connectivity index (χ3v) is 3.81. The van der Waals surface area contributed by atoms with Gasteiger partial charge in [-0.05, 0) is 48.0 Å². The Morgan fingerprint density at radius 3 is 2.37 bits per heavy atom. The van der Waals surface area contributed by atoms with E-state index >= 15 is 0 Å². The van der Waals surface area contributed by atoms with Gasteiger partial charge in [0.2, 0.25) is 0 Å². The molecule has 0 unspecified atom stereocenters. The molecule has 0 aliphatic carbocycles. The third kappa shape index (κ3) is 4.88. The first-order valence-corrected chi connectivity index (χ1v) is 8.23. The highest BCUT2D eigenvalue weighted by molar-refractivity contribution is 6.04. The van der Waals surface area contributed by atoms with Crippen molar-refractivity contribution in [2.75, 3.05) is 17.7 Å². The van der Waals surface area contributed by atoms with E-state index in [9.17, 15) is 9.59 Å². The number of anilines is 2. The maximum atomic E-state index is 12.4. The van der Waals surface area contributed by atoms with Crippen molar-refractivity contribution in [2.45, 2.75) is 6.54 Å². The Hall–Kier alpha value is -3.74. The lowest BCUT2D eigenvalue weighted by molar-refractivity contribution is 0.0600. The van der Waals surface area contributed by atoms with E-state index < -0.39 is 5.97 Å². The summed E-state index contributed by atoms with van der Waals surface area (Å²) in [5.41, 5.74) is 3.22. The van der Waals surface area contributed by atoms with Crippen LogP contribution >= 0.6 is 0 Å². The molecule has 3 rings (SSSR count). The first kappa shape index (κ1) is 18.1. The van der Waals surface area contributed by atoms with E-state index in [1.807, 2.05) is 12.1 Å². The second-order valence-electron chi connectivity index (χ2n) is 5.69. The largest absolute Gasteiger partial charge is 0.465 e. The summed E-state index contributed by atoms with van der Waals surface area (Å²) in [6.07, 6.45) is 6.61. The van der Waals surface area contributed by atoms with Crippen LogP contribution in [0.1, 0.15) is 26.3 Å². The zero-order valence-electron chi connectivity index (χ0n) is 14.7. The highest BCUT2D eigenvalue weighted by atomic mass is 16.5. The molecule has 0 saturated heterocycles. The van der Waals surface area contributed by atoms with Crippen LogP contribution in [0.5, 0.6) is 0 Å². The number of esters is 1. The molecule has 1 aromatic carbocycles. The van der Waals surface area contributed by atoms with Gasteiger partial charge in [-0.15, -0.1) is 0 Å². The number of hydrogen-bond acceptors (Lipinski definition) is 6. The molecule has 2 aromatic heterocycles. The van der Waals surface area contributed by atoms with Crippen molar-refractivity contribution < 1.29 is 14.3 Å². The zero-order chi connectivity index (χ0) is 19.1. The first-order valence-electron chi connectivity index (χ1n) is 8.23. The molecule has 3 aromatic rings. The molecule has 27 heavy (non-hydrogen) atoms. The normalized spacial score (nSPS) is 10.1. The molecule has 7 heteroatoms. The molecule has 0 aliphatic heterocycles. The van der Waals surface area contributed by atoms with Crippen LogP contribution in [0.25, 0.3) is 0 Å². The van der Waals surface area contributed by atoms with Crippen molar-refractivity contribution >= 4 is 23.3 Å². The average molecular weight is 362 g/mol. The molecule has 0 radical (unpaired) electrons. The Bertz CT molecular complexity index is 927. The molecular weight excluding hydrogens is 344 g/mol. The maximum absolute atomic E-state index is 12.4. The minimum atomic E-state index is -0.426. The van der Waals surface area contributed by atoms with E-state index in [0.29, 0.717) is 23.4 Å². The minimum Gasteiger partial charge on any atom is -0.465 e. The van der Waals surface area contributed by atoms with Gasteiger partial charge in [0.1, 0.15) is 0 Å². The van der Waals surface area contributed by atoms with E-state index in [0.717, 1.165) is 11.3 Å². The smallest absolute Gasteiger partial charge is 0.337 e. The van der Waals surface area contributed by atoms with Gasteiger partial charge in [-0.1, -0.05) is 0 Å². The highest BCUT2D eigenvalue weighted by Gasteiger charge is 2.09. The lowest BCUT2D eigenvalue weighted by atomic mass is 10.2. The number of benzene rings is 1. The standard InChI is InChI=1S/C20H18N4O3/c1-27-20(26)15-2-4-17(5-3-15)24-19(25)16-10-18(13-22-12-16)23-11-14-6-8-21-9-7-14/h2-10,12-13,23H,11H2,1H3,(H,24,25). The summed E-state index contributed by atoms with van der Waals surface area (Å²) in [6, 6.07) is 12.0. The number of carbonyl (C=O) groups excluding carboxylic acids is 2. The Kier molecular flexibility index (Phi) is 5.73. The fourth-order valence-corrected chi connectivity index (χ4v) is 2.38. The van der Waals surface area contributed by atoms with Gasteiger partial charge < -0.3 is 15.4 Å². The first-order chi connectivity index (χ1) is 13.2. The Morgan fingerprint density at radius 2 is 1.67 bits per heavy atom. The molecule has 0 aliphatic rings. The third-order valence-electron chi connectivity index (χ3n) is 3.81. The fraction of sp³-hybridized carbons (Fsp3) is 0.100. The lowest BCUT2D eigenvalue weighted by Crippen LogP contribution is -2.13. The van der Waals surface area contributed by atoms with Crippen LogP contribution in [0.15, 0.2) is 67.3 Å². The van der Waals surface area contributed by atoms with E-state index in [1.54, 1.807) is 48.9 Å². The number of hydrogen-bond donors (Lipinski definition) is 2. The number of nitrogens with one attached hydrogen (secondary N) is 2. The molecule has 7 nitrogen and oxygen atoms in total. The summed E-state index contributed by atoms with van der Waals surface area (Å²) in [4.78, 5) is 32.0. The minimum absolute atomic E-state index is 0.291. The van der Waals surface area contributed by atoms with Gasteiger partial charge in [0.05, 0.1) is 23.9 Å². The van der Waals surface area contributed by atoms with Gasteiger partial charge in [-0.3, -0.25) is 14.8 Å². The van der Waals surface area contributed by atoms with Crippen LogP contribution in [-0.2, 0) is 11.3 Å². The molecular formula is C20H18N4O3. The Labute approximate surface area is 156 Å². The van der Waals surface area contributed by atoms with E-state index in [1.165, 1.54) is 13.3 Å². The quantitative estimate of drug-likeness (QED) is 0.655. The van der Waals surface area contributed by atoms with Crippen LogP contribution in [-0.4, -0.2) is 29.0 Å². The number of rotatable bonds is 6. The summed E-state index contributed by atoms with van der Waals surface area (Å²) in [6.45, 7) is 0.601. The van der Waals surface area contributed by atoms with Gasteiger partial charge in [0, 0.05) is 37.0 Å². The lowest BCUT2D eigenvalue weighted by Gasteiger charge is -2.09. The van der Waals surface area contributed by atoms with Crippen molar-refractivity contribution in [3.63, 3.8) is 0 Å². The van der Waals surface area contributed by atoms with E-state index in [2.05, 4.69) is 25.3 Å². The number of carbonyl (C=O) groups is 2. The van der Waals surface area contributed by atoms with Crippen LogP contribution in [0.2, 0.25) is 0 Å². The molecule has 1 amide bonds. The van der Waals surface area contributed by atoms with Crippen LogP contribution in [0, 0.1) is 0 Å². The van der Waals surface area contributed by atoms with Gasteiger partial charge >= 0.3 is 5.97 Å². The molecule has 136 valence electrons. The van der Waals surface area contributed by atoms with E-state index in [4.69, 9.17) is 0 Å². The number of nitrogens with zero attached hydrogens (tertiary/aromatic N) is 2. The second kappa shape index (κ2) is 8.57. The van der Waals surface area contributed by atoms with Crippen LogP contribution in [0.3, 0.4) is 0 Å². The Morgan fingerprint density at radius 1 is 0.926 bits per heavy atom. The second-order valence-corrected chi connectivity index (χ2v) is 5.69. The molecule has 0 fully saturated rings. The SMILES string of the molecule is COC(=O)c1ccc(NC(=O)c2cncc(NCc3ccncc3)c2)cc1. The summed E-state index contributed by atoms with van der Waals surface area (Å²) in [7, 11) is 1.32. The van der Waals surface area contributed by atoms with E-state index in [-0.39, 0.29) is 5.91 Å². The molecule has 0 atom stereocenters. The molecule has 0 spiro atoms. The average Bonchev–Trinajstić information content (AvgIpc) is 2.73. The topological polar surface area (TPSA) is 93.2 Å². The van der Waals surface area contributed by atoms with Gasteiger partial charge in [0.15, 0.2) is 0 Å². The summed E-state index contributed by atoms with van der Waals surface area (Å²) in [5.74, 6) is -0.717. The summed E-state index contributed by atoms with van der Waals surface area (Å²) >= 11 is 0. The molecule has 2 N–H and O–H groups in total. The van der Waals surface area contributed by atoms with Crippen molar-refractivity contribution in [1.29, 1.82) is 0 Å². The Balaban J connectivity index is 1.63. The summed E-state index contributed by atoms with van der Waals surface area (Å²) < 4.78 is 4.65. The zero-order valence-corrected chi connectivity index (χ0v) is 14.7. The number of aromatic nitrogens is 2. The van der Waals surface area contributed by atoms with Gasteiger partial charge in [0.25, 0.3) is 5.91 Å². The summed E-state index contributed by atoms with van der Waals surface area (Å²) in [5, 5.41) is 6.00. The van der Waals surface area contributed by atoms with Gasteiger partial charge in [-0.25, -0.2) is 4.79 Å². The van der Waals surface area contributed by atoms with Crippen molar-refractivity contribution in [3.05, 3.63) is 83.9 Å². The molecule has 2 heterocycles. The number of pyridine rings is 2. The van der Waals surface area contributed by atoms with Crippen LogP contribution in [0.4, 0.5) is 11.4 Å². The monoisotopic (exact) mass is 362 g/mol. The predicted molar refractivity (Wildman–Crippen MR) is 102 cm³/mol. The highest BCUT2D eigenvalue weighted by Crippen LogP contribution is 2.14.